The lowest BCUT2D eigenvalue weighted by molar-refractivity contribution is -0.114. The van der Waals surface area contributed by atoms with E-state index in [2.05, 4.69) is 0 Å². The molecule has 0 heterocycles. The van der Waals surface area contributed by atoms with Crippen molar-refractivity contribution in [2.45, 2.75) is 20.8 Å². The molecule has 0 spiro atoms. The van der Waals surface area contributed by atoms with Gasteiger partial charge in [-0.05, 0) is 37.5 Å². The van der Waals surface area contributed by atoms with Crippen molar-refractivity contribution in [1.82, 2.24) is 0 Å². The van der Waals surface area contributed by atoms with Crippen molar-refractivity contribution in [3.05, 3.63) is 27.3 Å². The quantitative estimate of drug-likeness (QED) is 0.663. The van der Waals surface area contributed by atoms with Crippen LogP contribution in [0.1, 0.15) is 27.0 Å². The van der Waals surface area contributed by atoms with Crippen LogP contribution in [0.4, 0.5) is 0 Å². The Morgan fingerprint density at radius 3 is 2.06 bits per heavy atom. The zero-order valence-electron chi connectivity index (χ0n) is 10.2. The van der Waals surface area contributed by atoms with Gasteiger partial charge in [-0.15, -0.1) is 0 Å². The molecule has 92 valence electrons. The highest BCUT2D eigenvalue weighted by Crippen LogP contribution is 2.35. The van der Waals surface area contributed by atoms with E-state index >= 15 is 0 Å². The fourth-order valence-electron chi connectivity index (χ4n) is 1.74. The molecule has 4 nitrogen and oxygen atoms in total. The monoisotopic (exact) mass is 255 g/mol. The number of carbonyl (C=O) groups excluding carboxylic acids is 2. The molecule has 1 aromatic carbocycles. The Hall–Kier alpha value is -1.55. The molecule has 0 aliphatic carbocycles. The largest absolute Gasteiger partial charge is 0.496 e. The first-order valence-electron chi connectivity index (χ1n) is 5.00. The normalized spacial score (nSPS) is 10.2. The third-order valence-electron chi connectivity index (χ3n) is 2.82. The molecule has 0 aromatic heterocycles. The predicted octanol–water partition coefficient (Wildman–Crippen LogP) is 1.94. The average Bonchev–Trinajstić information content (AvgIpc) is 2.29. The topological polar surface area (TPSA) is 69.4 Å². The number of carbonyl (C=O) groups is 2. The molecular weight excluding hydrogens is 242 g/mol. The number of rotatable bonds is 3. The molecule has 1 aromatic rings. The molecule has 0 unspecified atom stereocenters. The lowest BCUT2D eigenvalue weighted by Crippen LogP contribution is -2.25. The Balaban J connectivity index is 3.70. The van der Waals surface area contributed by atoms with Crippen LogP contribution in [0.2, 0.25) is 5.02 Å². The standard InChI is InChI=1S/C12H14ClNO3/c1-5-6(2)11(17-4)8(7(3)9(5)13)10(15)12(14)16/h1-4H3,(H2,14,16). The molecule has 5 heteroatoms. The smallest absolute Gasteiger partial charge is 0.289 e. The maximum absolute atomic E-state index is 11.7. The second-order valence-corrected chi connectivity index (χ2v) is 4.17. The van der Waals surface area contributed by atoms with Gasteiger partial charge < -0.3 is 10.5 Å². The van der Waals surface area contributed by atoms with Crippen molar-refractivity contribution in [2.24, 2.45) is 5.73 Å². The Bertz CT molecular complexity index is 509. The van der Waals surface area contributed by atoms with Crippen LogP contribution in [0.25, 0.3) is 0 Å². The fourth-order valence-corrected chi connectivity index (χ4v) is 1.97. The molecule has 2 N–H and O–H groups in total. The Kier molecular flexibility index (Phi) is 3.78. The number of ether oxygens (including phenoxy) is 1. The fraction of sp³-hybridized carbons (Fsp3) is 0.333. The van der Waals surface area contributed by atoms with Gasteiger partial charge in [0.05, 0.1) is 12.7 Å². The third-order valence-corrected chi connectivity index (χ3v) is 3.39. The maximum atomic E-state index is 11.7. The van der Waals surface area contributed by atoms with Crippen molar-refractivity contribution < 1.29 is 14.3 Å². The molecule has 0 bridgehead atoms. The minimum atomic E-state index is -1.02. The van der Waals surface area contributed by atoms with Crippen molar-refractivity contribution >= 4 is 23.3 Å². The van der Waals surface area contributed by atoms with Gasteiger partial charge in [0.2, 0.25) is 0 Å². The summed E-state index contributed by atoms with van der Waals surface area (Å²) < 4.78 is 5.18. The van der Waals surface area contributed by atoms with Crippen LogP contribution >= 0.6 is 11.6 Å². The highest BCUT2D eigenvalue weighted by Gasteiger charge is 2.25. The number of amides is 1. The number of Topliss-reactive ketones (excluding diaryl/α,β-unsaturated/α-hetero) is 1. The van der Waals surface area contributed by atoms with Gasteiger partial charge >= 0.3 is 0 Å². The van der Waals surface area contributed by atoms with Gasteiger partial charge in [-0.1, -0.05) is 11.6 Å². The Labute approximate surface area is 105 Å². The van der Waals surface area contributed by atoms with Crippen LogP contribution in [-0.4, -0.2) is 18.8 Å². The lowest BCUT2D eigenvalue weighted by atomic mass is 9.96. The highest BCUT2D eigenvalue weighted by molar-refractivity contribution is 6.44. The van der Waals surface area contributed by atoms with Crippen LogP contribution in [0.5, 0.6) is 5.75 Å². The van der Waals surface area contributed by atoms with Crippen LogP contribution in [-0.2, 0) is 4.79 Å². The molecule has 1 amide bonds. The van der Waals surface area contributed by atoms with E-state index in [1.807, 2.05) is 6.92 Å². The van der Waals surface area contributed by atoms with E-state index in [0.29, 0.717) is 16.3 Å². The van der Waals surface area contributed by atoms with Crippen LogP contribution < -0.4 is 10.5 Å². The molecule has 0 radical (unpaired) electrons. The molecule has 17 heavy (non-hydrogen) atoms. The number of primary amides is 1. The number of halogens is 1. The highest BCUT2D eigenvalue weighted by atomic mass is 35.5. The Morgan fingerprint density at radius 1 is 1.12 bits per heavy atom. The van der Waals surface area contributed by atoms with Crippen LogP contribution in [0, 0.1) is 20.8 Å². The molecular formula is C12H14ClNO3. The predicted molar refractivity (Wildman–Crippen MR) is 65.7 cm³/mol. The number of nitrogens with two attached hydrogens (primary N) is 1. The van der Waals surface area contributed by atoms with Gasteiger partial charge in [-0.25, -0.2) is 0 Å². The van der Waals surface area contributed by atoms with Crippen molar-refractivity contribution in [3.8, 4) is 5.75 Å². The maximum Gasteiger partial charge on any atom is 0.289 e. The van der Waals surface area contributed by atoms with E-state index < -0.39 is 11.7 Å². The van der Waals surface area contributed by atoms with Gasteiger partial charge in [0.15, 0.2) is 0 Å². The first-order chi connectivity index (χ1) is 7.82. The van der Waals surface area contributed by atoms with E-state index in [1.54, 1.807) is 13.8 Å². The number of benzene rings is 1. The van der Waals surface area contributed by atoms with E-state index in [0.717, 1.165) is 11.1 Å². The summed E-state index contributed by atoms with van der Waals surface area (Å²) in [5.41, 5.74) is 7.22. The van der Waals surface area contributed by atoms with E-state index in [4.69, 9.17) is 22.1 Å². The third kappa shape index (κ3) is 2.13. The van der Waals surface area contributed by atoms with Gasteiger partial charge in [0, 0.05) is 5.02 Å². The molecule has 1 rings (SSSR count). The first kappa shape index (κ1) is 13.5. The summed E-state index contributed by atoms with van der Waals surface area (Å²) >= 11 is 6.11. The molecule has 0 atom stereocenters. The minimum absolute atomic E-state index is 0.146. The molecule has 0 saturated heterocycles. The first-order valence-corrected chi connectivity index (χ1v) is 5.38. The SMILES string of the molecule is COc1c(C)c(C)c(Cl)c(C)c1C(=O)C(N)=O. The summed E-state index contributed by atoms with van der Waals surface area (Å²) in [6.45, 7) is 5.26. The molecule has 0 aliphatic rings. The molecule has 0 aliphatic heterocycles. The van der Waals surface area contributed by atoms with Gasteiger partial charge in [-0.3, -0.25) is 9.59 Å². The summed E-state index contributed by atoms with van der Waals surface area (Å²) in [6, 6.07) is 0. The summed E-state index contributed by atoms with van der Waals surface area (Å²) in [5, 5.41) is 0.452. The second-order valence-electron chi connectivity index (χ2n) is 3.79. The van der Waals surface area contributed by atoms with Crippen LogP contribution in [0.3, 0.4) is 0 Å². The van der Waals surface area contributed by atoms with Crippen molar-refractivity contribution in [3.63, 3.8) is 0 Å². The summed E-state index contributed by atoms with van der Waals surface area (Å²) in [5.74, 6) is -1.46. The van der Waals surface area contributed by atoms with E-state index in [9.17, 15) is 9.59 Å². The number of methoxy groups -OCH3 is 1. The molecule has 0 fully saturated rings. The van der Waals surface area contributed by atoms with Crippen molar-refractivity contribution in [1.29, 1.82) is 0 Å². The summed E-state index contributed by atoms with van der Waals surface area (Å²) in [6.07, 6.45) is 0. The minimum Gasteiger partial charge on any atom is -0.496 e. The van der Waals surface area contributed by atoms with Crippen molar-refractivity contribution in [2.75, 3.05) is 7.11 Å². The zero-order chi connectivity index (χ0) is 13.3. The number of hydrogen-bond donors (Lipinski definition) is 1. The molecule has 0 saturated carbocycles. The zero-order valence-corrected chi connectivity index (χ0v) is 10.9. The van der Waals surface area contributed by atoms with E-state index in [1.165, 1.54) is 7.11 Å². The second kappa shape index (κ2) is 4.75. The van der Waals surface area contributed by atoms with Crippen LogP contribution in [0.15, 0.2) is 0 Å². The van der Waals surface area contributed by atoms with E-state index in [-0.39, 0.29) is 5.56 Å². The summed E-state index contributed by atoms with van der Waals surface area (Å²) in [7, 11) is 1.44. The number of hydrogen-bond acceptors (Lipinski definition) is 3. The Morgan fingerprint density at radius 2 is 1.65 bits per heavy atom. The van der Waals surface area contributed by atoms with Gasteiger partial charge in [-0.2, -0.15) is 0 Å². The lowest BCUT2D eigenvalue weighted by Gasteiger charge is -2.16. The average molecular weight is 256 g/mol. The van der Waals surface area contributed by atoms with Gasteiger partial charge in [0.25, 0.3) is 11.7 Å². The summed E-state index contributed by atoms with van der Waals surface area (Å²) in [4.78, 5) is 22.7. The number of ketones is 1. The van der Waals surface area contributed by atoms with Gasteiger partial charge in [0.1, 0.15) is 5.75 Å².